The van der Waals surface area contributed by atoms with Gasteiger partial charge < -0.3 is 15.8 Å². The van der Waals surface area contributed by atoms with Crippen LogP contribution in [0.2, 0.25) is 0 Å². The number of halogens is 2. The summed E-state index contributed by atoms with van der Waals surface area (Å²) in [6, 6.07) is 4.04. The van der Waals surface area contributed by atoms with E-state index in [-0.39, 0.29) is 11.4 Å². The van der Waals surface area contributed by atoms with Crippen LogP contribution in [0, 0.1) is 0 Å². The van der Waals surface area contributed by atoms with E-state index in [1.165, 1.54) is 25.3 Å². The number of aromatic nitrogens is 1. The van der Waals surface area contributed by atoms with Crippen LogP contribution in [-0.4, -0.2) is 43.0 Å². The van der Waals surface area contributed by atoms with Crippen LogP contribution >= 0.6 is 0 Å². The lowest BCUT2D eigenvalue weighted by Crippen LogP contribution is -2.41. The second-order valence-electron chi connectivity index (χ2n) is 3.64. The SMILES string of the molecule is COC(=O)c1cccc(C(=O)NCC(F)(F)CN)n1. The van der Waals surface area contributed by atoms with E-state index in [9.17, 15) is 18.4 Å². The molecule has 0 fully saturated rings. The van der Waals surface area contributed by atoms with Gasteiger partial charge in [-0.3, -0.25) is 4.79 Å². The number of esters is 1. The number of rotatable bonds is 5. The van der Waals surface area contributed by atoms with E-state index in [1.54, 1.807) is 0 Å². The van der Waals surface area contributed by atoms with Crippen molar-refractivity contribution in [3.63, 3.8) is 0 Å². The summed E-state index contributed by atoms with van der Waals surface area (Å²) >= 11 is 0. The summed E-state index contributed by atoms with van der Waals surface area (Å²) in [5.74, 6) is -4.73. The zero-order valence-corrected chi connectivity index (χ0v) is 10.2. The minimum Gasteiger partial charge on any atom is -0.464 e. The smallest absolute Gasteiger partial charge is 0.356 e. The third-order valence-corrected chi connectivity index (χ3v) is 2.18. The van der Waals surface area contributed by atoms with Crippen molar-refractivity contribution in [3.8, 4) is 0 Å². The van der Waals surface area contributed by atoms with Crippen LogP contribution < -0.4 is 11.1 Å². The number of methoxy groups -OCH3 is 1. The van der Waals surface area contributed by atoms with Gasteiger partial charge in [-0.1, -0.05) is 6.07 Å². The molecule has 0 bridgehead atoms. The second kappa shape index (κ2) is 6.19. The van der Waals surface area contributed by atoms with E-state index in [1.807, 2.05) is 5.32 Å². The first-order chi connectivity index (χ1) is 8.89. The second-order valence-corrected chi connectivity index (χ2v) is 3.64. The minimum absolute atomic E-state index is 0.0827. The predicted octanol–water partition coefficient (Wildman–Crippen LogP) is 0.192. The average Bonchev–Trinajstić information content (AvgIpc) is 2.44. The van der Waals surface area contributed by atoms with Crippen molar-refractivity contribution in [2.24, 2.45) is 5.73 Å². The lowest BCUT2D eigenvalue weighted by atomic mass is 10.2. The largest absolute Gasteiger partial charge is 0.464 e. The van der Waals surface area contributed by atoms with Gasteiger partial charge in [-0.05, 0) is 12.1 Å². The molecule has 1 aromatic heterocycles. The van der Waals surface area contributed by atoms with Gasteiger partial charge in [0.15, 0.2) is 0 Å². The molecule has 0 aliphatic carbocycles. The Bertz CT molecular complexity index is 480. The summed E-state index contributed by atoms with van der Waals surface area (Å²) in [4.78, 5) is 26.5. The molecule has 0 saturated heterocycles. The highest BCUT2D eigenvalue weighted by atomic mass is 19.3. The Hall–Kier alpha value is -2.09. The van der Waals surface area contributed by atoms with E-state index in [4.69, 9.17) is 5.73 Å². The summed E-state index contributed by atoms with van der Waals surface area (Å²) in [5.41, 5.74) is 4.60. The summed E-state index contributed by atoms with van der Waals surface area (Å²) in [6.45, 7) is -1.77. The number of carbonyl (C=O) groups is 2. The normalized spacial score (nSPS) is 10.9. The lowest BCUT2D eigenvalue weighted by Gasteiger charge is -2.14. The van der Waals surface area contributed by atoms with Crippen molar-refractivity contribution in [1.82, 2.24) is 10.3 Å². The number of hydrogen-bond acceptors (Lipinski definition) is 5. The molecule has 0 atom stereocenters. The summed E-state index contributed by atoms with van der Waals surface area (Å²) in [5, 5.41) is 1.99. The van der Waals surface area contributed by atoms with Crippen LogP contribution in [0.1, 0.15) is 21.0 Å². The van der Waals surface area contributed by atoms with Gasteiger partial charge in [0.1, 0.15) is 11.4 Å². The maximum atomic E-state index is 12.9. The number of nitrogens with one attached hydrogen (secondary N) is 1. The standard InChI is InChI=1S/C11H13F2N3O3/c1-19-10(18)8-4-2-3-7(16-8)9(17)15-6-11(12,13)5-14/h2-4H,5-6,14H2,1H3,(H,15,17). The fraction of sp³-hybridized carbons (Fsp3) is 0.364. The zero-order valence-electron chi connectivity index (χ0n) is 10.2. The van der Waals surface area contributed by atoms with Crippen LogP contribution in [-0.2, 0) is 4.74 Å². The van der Waals surface area contributed by atoms with E-state index >= 15 is 0 Å². The highest BCUT2D eigenvalue weighted by Gasteiger charge is 2.27. The molecule has 104 valence electrons. The Kier molecular flexibility index (Phi) is 4.87. The van der Waals surface area contributed by atoms with Crippen molar-refractivity contribution >= 4 is 11.9 Å². The molecular weight excluding hydrogens is 260 g/mol. The Morgan fingerprint density at radius 3 is 2.63 bits per heavy atom. The average molecular weight is 273 g/mol. The molecule has 8 heteroatoms. The van der Waals surface area contributed by atoms with Gasteiger partial charge in [0.25, 0.3) is 11.8 Å². The number of carbonyl (C=O) groups excluding carboxylic acids is 2. The van der Waals surface area contributed by atoms with E-state index in [0.29, 0.717) is 0 Å². The molecule has 0 radical (unpaired) electrons. The van der Waals surface area contributed by atoms with Crippen LogP contribution in [0.25, 0.3) is 0 Å². The Morgan fingerprint density at radius 1 is 1.42 bits per heavy atom. The van der Waals surface area contributed by atoms with Crippen LogP contribution in [0.15, 0.2) is 18.2 Å². The van der Waals surface area contributed by atoms with Crippen molar-refractivity contribution in [2.75, 3.05) is 20.2 Å². The number of nitrogens with two attached hydrogens (primary N) is 1. The van der Waals surface area contributed by atoms with E-state index in [0.717, 1.165) is 0 Å². The zero-order chi connectivity index (χ0) is 14.5. The Morgan fingerprint density at radius 2 is 2.05 bits per heavy atom. The predicted molar refractivity (Wildman–Crippen MR) is 61.9 cm³/mol. The van der Waals surface area contributed by atoms with Gasteiger partial charge in [0.05, 0.1) is 20.2 Å². The molecule has 1 heterocycles. The Balaban J connectivity index is 2.75. The summed E-state index contributed by atoms with van der Waals surface area (Å²) in [7, 11) is 1.17. The number of pyridine rings is 1. The molecular formula is C11H13F2N3O3. The Labute approximate surface area is 107 Å². The molecule has 0 unspecified atom stereocenters. The highest BCUT2D eigenvalue weighted by Crippen LogP contribution is 2.09. The number of nitrogens with zero attached hydrogens (tertiary/aromatic N) is 1. The molecule has 0 spiro atoms. The molecule has 6 nitrogen and oxygen atoms in total. The lowest BCUT2D eigenvalue weighted by molar-refractivity contribution is 0.0118. The summed E-state index contributed by atoms with van der Waals surface area (Å²) in [6.07, 6.45) is 0. The fourth-order valence-corrected chi connectivity index (χ4v) is 1.15. The first-order valence-electron chi connectivity index (χ1n) is 5.31. The highest BCUT2D eigenvalue weighted by molar-refractivity contribution is 5.94. The van der Waals surface area contributed by atoms with E-state index < -0.39 is 30.9 Å². The van der Waals surface area contributed by atoms with Gasteiger partial charge in [-0.2, -0.15) is 0 Å². The third-order valence-electron chi connectivity index (χ3n) is 2.18. The third kappa shape index (κ3) is 4.25. The van der Waals surface area contributed by atoms with Crippen LogP contribution in [0.4, 0.5) is 8.78 Å². The van der Waals surface area contributed by atoms with Gasteiger partial charge in [-0.15, -0.1) is 0 Å². The molecule has 3 N–H and O–H groups in total. The molecule has 0 aliphatic rings. The molecule has 0 aliphatic heterocycles. The van der Waals surface area contributed by atoms with Gasteiger partial charge in [0, 0.05) is 0 Å². The van der Waals surface area contributed by atoms with Crippen molar-refractivity contribution < 1.29 is 23.1 Å². The van der Waals surface area contributed by atoms with Gasteiger partial charge in [-0.25, -0.2) is 18.6 Å². The molecule has 0 saturated carbocycles. The first-order valence-corrected chi connectivity index (χ1v) is 5.31. The molecule has 1 rings (SSSR count). The van der Waals surface area contributed by atoms with Crippen molar-refractivity contribution in [2.45, 2.75) is 5.92 Å². The van der Waals surface area contributed by atoms with Crippen LogP contribution in [0.3, 0.4) is 0 Å². The number of hydrogen-bond donors (Lipinski definition) is 2. The van der Waals surface area contributed by atoms with E-state index in [2.05, 4.69) is 9.72 Å². The quantitative estimate of drug-likeness (QED) is 0.747. The molecule has 0 aromatic carbocycles. The van der Waals surface area contributed by atoms with Gasteiger partial charge in [0.2, 0.25) is 0 Å². The van der Waals surface area contributed by atoms with Gasteiger partial charge >= 0.3 is 5.97 Å². The maximum absolute atomic E-state index is 12.9. The molecule has 1 aromatic rings. The summed E-state index contributed by atoms with van der Waals surface area (Å²) < 4.78 is 30.1. The minimum atomic E-state index is -3.18. The van der Waals surface area contributed by atoms with Crippen molar-refractivity contribution in [1.29, 1.82) is 0 Å². The fourth-order valence-electron chi connectivity index (χ4n) is 1.15. The topological polar surface area (TPSA) is 94.3 Å². The molecule has 19 heavy (non-hydrogen) atoms. The van der Waals surface area contributed by atoms with Crippen LogP contribution in [0.5, 0.6) is 0 Å². The monoisotopic (exact) mass is 273 g/mol. The number of amides is 1. The van der Waals surface area contributed by atoms with Crippen molar-refractivity contribution in [3.05, 3.63) is 29.6 Å². The molecule has 1 amide bonds. The number of alkyl halides is 2. The number of ether oxygens (including phenoxy) is 1. The maximum Gasteiger partial charge on any atom is 0.356 e. The first kappa shape index (κ1) is 15.0.